The Bertz CT molecular complexity index is 1520. The molecule has 2 fully saturated rings. The van der Waals surface area contributed by atoms with E-state index in [0.29, 0.717) is 25.1 Å². The zero-order chi connectivity index (χ0) is 32.3. The molecule has 5 amide bonds. The van der Waals surface area contributed by atoms with Crippen molar-refractivity contribution in [2.45, 2.75) is 101 Å². The van der Waals surface area contributed by atoms with Crippen LogP contribution < -0.4 is 10.6 Å². The largest absolute Gasteiger partial charge is 0.337 e. The fraction of sp³-hybridized carbons (Fsp3) is 0.562. The summed E-state index contributed by atoms with van der Waals surface area (Å²) in [5, 5.41) is 5.46. The summed E-state index contributed by atoms with van der Waals surface area (Å²) in [6, 6.07) is 5.41. The molecule has 11 nitrogen and oxygen atoms in total. The summed E-state index contributed by atoms with van der Waals surface area (Å²) in [4.78, 5) is 54.9. The second-order valence-electron chi connectivity index (χ2n) is 12.4. The van der Waals surface area contributed by atoms with E-state index in [0.717, 1.165) is 69.1 Å². The van der Waals surface area contributed by atoms with Crippen molar-refractivity contribution in [1.29, 1.82) is 0 Å². The number of benzene rings is 1. The minimum absolute atomic E-state index is 0.00237. The summed E-state index contributed by atoms with van der Waals surface area (Å²) in [5.74, 6) is -1.23. The van der Waals surface area contributed by atoms with Crippen LogP contribution in [0.4, 0.5) is 9.80 Å². The van der Waals surface area contributed by atoms with Crippen LogP contribution in [0, 0.1) is 0 Å². The number of amides is 5. The van der Waals surface area contributed by atoms with E-state index in [1.165, 1.54) is 61.5 Å². The molecule has 1 aromatic carbocycles. The van der Waals surface area contributed by atoms with Crippen molar-refractivity contribution in [3.05, 3.63) is 45.8 Å². The fourth-order valence-corrected chi connectivity index (χ4v) is 9.89. The lowest BCUT2D eigenvalue weighted by Crippen LogP contribution is -2.48. The Kier molecular flexibility index (Phi) is 10.3. The van der Waals surface area contributed by atoms with Gasteiger partial charge >= 0.3 is 6.03 Å². The third-order valence-corrected chi connectivity index (χ3v) is 12.3. The topological polar surface area (TPSA) is 136 Å². The molecular weight excluding hydrogens is 615 g/mol. The van der Waals surface area contributed by atoms with Gasteiger partial charge in [0.05, 0.1) is 17.0 Å². The highest BCUT2D eigenvalue weighted by atomic mass is 32.2. The van der Waals surface area contributed by atoms with Gasteiger partial charge in [0.25, 0.3) is 11.8 Å². The number of anilines is 1. The van der Waals surface area contributed by atoms with Gasteiger partial charge in [-0.3, -0.25) is 19.7 Å². The lowest BCUT2D eigenvalue weighted by Gasteiger charge is -2.40. The summed E-state index contributed by atoms with van der Waals surface area (Å²) in [6.45, 7) is 2.21. The monoisotopic (exact) mass is 657 g/mol. The van der Waals surface area contributed by atoms with Gasteiger partial charge in [0, 0.05) is 50.1 Å². The van der Waals surface area contributed by atoms with Crippen LogP contribution in [0.15, 0.2) is 29.2 Å². The van der Waals surface area contributed by atoms with Gasteiger partial charge in [0.15, 0.2) is 0 Å². The maximum Gasteiger partial charge on any atom is 0.323 e. The number of fused-ring (bicyclic) bond motifs is 1. The Balaban J connectivity index is 1.39. The Labute approximate surface area is 269 Å². The van der Waals surface area contributed by atoms with Gasteiger partial charge in [-0.1, -0.05) is 38.5 Å². The molecule has 0 unspecified atom stereocenters. The molecule has 1 aromatic heterocycles. The van der Waals surface area contributed by atoms with Crippen LogP contribution in [0.5, 0.6) is 0 Å². The number of hydrogen-bond donors (Lipinski definition) is 2. The first-order chi connectivity index (χ1) is 21.5. The van der Waals surface area contributed by atoms with E-state index in [1.807, 2.05) is 0 Å². The first-order valence-electron chi connectivity index (χ1n) is 15.8. The summed E-state index contributed by atoms with van der Waals surface area (Å²) in [7, 11) is -0.729. The zero-order valence-corrected chi connectivity index (χ0v) is 27.9. The molecule has 2 N–H and O–H groups in total. The van der Waals surface area contributed by atoms with Gasteiger partial charge < -0.3 is 15.1 Å². The molecule has 2 saturated carbocycles. The molecular formula is C32H43N5O6S2. The lowest BCUT2D eigenvalue weighted by molar-refractivity contribution is -0.129. The van der Waals surface area contributed by atoms with Crippen molar-refractivity contribution in [2.75, 3.05) is 26.0 Å². The lowest BCUT2D eigenvalue weighted by atomic mass is 9.91. The van der Waals surface area contributed by atoms with Gasteiger partial charge in [-0.2, -0.15) is 4.31 Å². The standard InChI is InChI=1S/C32H43N5O6S2/c1-21(38)36-19-18-26-27(20-36)44-31(28(26)30(40)34-32(41)35(2)3)33-29(39)22-14-16-25(17-15-22)45(42,43)37(23-10-6-4-7-11-23)24-12-8-5-9-13-24/h14-17,23-24H,4-13,18-20H2,1-3H3,(H,33,39)(H,34,40,41). The molecule has 0 saturated heterocycles. The molecule has 3 aliphatic rings. The summed E-state index contributed by atoms with van der Waals surface area (Å²) in [6.07, 6.45) is 10.3. The van der Waals surface area contributed by atoms with Crippen LogP contribution in [0.1, 0.15) is 102 Å². The number of thiophene rings is 1. The van der Waals surface area contributed by atoms with E-state index in [4.69, 9.17) is 0 Å². The van der Waals surface area contributed by atoms with Gasteiger partial charge in [0.2, 0.25) is 15.9 Å². The average molecular weight is 658 g/mol. The highest BCUT2D eigenvalue weighted by Gasteiger charge is 2.38. The molecule has 1 aliphatic heterocycles. The number of nitrogens with zero attached hydrogens (tertiary/aromatic N) is 3. The third kappa shape index (κ3) is 7.25. The molecule has 2 aliphatic carbocycles. The number of carbonyl (C=O) groups excluding carboxylic acids is 4. The van der Waals surface area contributed by atoms with Crippen molar-refractivity contribution in [2.24, 2.45) is 0 Å². The predicted octanol–water partition coefficient (Wildman–Crippen LogP) is 4.97. The van der Waals surface area contributed by atoms with Crippen LogP contribution >= 0.6 is 11.3 Å². The number of rotatable bonds is 7. The smallest absolute Gasteiger partial charge is 0.323 e. The normalized spacial score (nSPS) is 17.9. The van der Waals surface area contributed by atoms with E-state index in [1.54, 1.807) is 9.21 Å². The van der Waals surface area contributed by atoms with Crippen LogP contribution in [-0.4, -0.2) is 79.0 Å². The molecule has 2 aromatic rings. The summed E-state index contributed by atoms with van der Waals surface area (Å²) in [5.41, 5.74) is 1.14. The van der Waals surface area contributed by atoms with Gasteiger partial charge in [-0.05, 0) is 61.9 Å². The minimum atomic E-state index is -3.77. The van der Waals surface area contributed by atoms with E-state index >= 15 is 0 Å². The number of urea groups is 1. The third-order valence-electron chi connectivity index (χ3n) is 9.14. The van der Waals surface area contributed by atoms with Crippen LogP contribution in [0.2, 0.25) is 0 Å². The van der Waals surface area contributed by atoms with Gasteiger partial charge in [-0.15, -0.1) is 11.3 Å². The maximum atomic E-state index is 14.1. The first-order valence-corrected chi connectivity index (χ1v) is 18.1. The predicted molar refractivity (Wildman–Crippen MR) is 173 cm³/mol. The Morgan fingerprint density at radius 1 is 0.867 bits per heavy atom. The molecule has 0 bridgehead atoms. The van der Waals surface area contributed by atoms with E-state index in [9.17, 15) is 27.6 Å². The molecule has 2 heterocycles. The number of hydrogen-bond acceptors (Lipinski definition) is 7. The molecule has 0 radical (unpaired) electrons. The Morgan fingerprint density at radius 2 is 1.44 bits per heavy atom. The molecule has 45 heavy (non-hydrogen) atoms. The van der Waals surface area contributed by atoms with Crippen LogP contribution in [0.3, 0.4) is 0 Å². The average Bonchev–Trinajstić information content (AvgIpc) is 3.39. The van der Waals surface area contributed by atoms with Crippen LogP contribution in [0.25, 0.3) is 0 Å². The zero-order valence-electron chi connectivity index (χ0n) is 26.3. The van der Waals surface area contributed by atoms with E-state index in [-0.39, 0.29) is 39.0 Å². The molecule has 13 heteroatoms. The van der Waals surface area contributed by atoms with Crippen molar-refractivity contribution in [3.63, 3.8) is 0 Å². The fourth-order valence-electron chi connectivity index (χ4n) is 6.71. The summed E-state index contributed by atoms with van der Waals surface area (Å²) >= 11 is 1.20. The Morgan fingerprint density at radius 3 is 1.98 bits per heavy atom. The first kappa shape index (κ1) is 33.1. The minimum Gasteiger partial charge on any atom is -0.337 e. The van der Waals surface area contributed by atoms with Crippen molar-refractivity contribution < 1.29 is 27.6 Å². The number of carbonyl (C=O) groups is 4. The van der Waals surface area contributed by atoms with Gasteiger partial charge in [0.1, 0.15) is 5.00 Å². The second kappa shape index (κ2) is 14.0. The molecule has 0 atom stereocenters. The SMILES string of the molecule is CC(=O)N1CCc2c(sc(NC(=O)c3ccc(S(=O)(=O)N(C4CCCCC4)C4CCCCC4)cc3)c2C(=O)NC(=O)N(C)C)C1. The second-order valence-corrected chi connectivity index (χ2v) is 15.4. The highest BCUT2D eigenvalue weighted by molar-refractivity contribution is 7.89. The van der Waals surface area contributed by atoms with Crippen molar-refractivity contribution >= 4 is 50.1 Å². The molecule has 244 valence electrons. The van der Waals surface area contributed by atoms with E-state index < -0.39 is 27.9 Å². The molecule has 0 spiro atoms. The van der Waals surface area contributed by atoms with Crippen molar-refractivity contribution in [3.8, 4) is 0 Å². The number of imide groups is 1. The highest BCUT2D eigenvalue weighted by Crippen LogP contribution is 2.38. The Hall–Kier alpha value is -3.29. The van der Waals surface area contributed by atoms with Gasteiger partial charge in [-0.25, -0.2) is 13.2 Å². The van der Waals surface area contributed by atoms with E-state index in [2.05, 4.69) is 10.6 Å². The maximum absolute atomic E-state index is 14.1. The number of sulfonamides is 1. The van der Waals surface area contributed by atoms with Crippen LogP contribution in [-0.2, 0) is 27.8 Å². The molecule has 5 rings (SSSR count). The van der Waals surface area contributed by atoms with Crippen molar-refractivity contribution in [1.82, 2.24) is 19.4 Å². The number of nitrogens with one attached hydrogen (secondary N) is 2. The quantitative estimate of drug-likeness (QED) is 0.432. The summed E-state index contributed by atoms with van der Waals surface area (Å²) < 4.78 is 29.9.